The highest BCUT2D eigenvalue weighted by atomic mass is 32.1. The lowest BCUT2D eigenvalue weighted by Crippen LogP contribution is -2.44. The molecule has 1 aromatic carbocycles. The molecule has 1 aliphatic heterocycles. The molecule has 4 rings (SSSR count). The van der Waals surface area contributed by atoms with E-state index in [-0.39, 0.29) is 42.3 Å². The van der Waals surface area contributed by atoms with Crippen molar-refractivity contribution in [3.63, 3.8) is 0 Å². The van der Waals surface area contributed by atoms with E-state index in [0.717, 1.165) is 18.6 Å². The molecule has 29 heavy (non-hydrogen) atoms. The van der Waals surface area contributed by atoms with Gasteiger partial charge in [-0.1, -0.05) is 0 Å². The molecule has 1 amide bonds. The Morgan fingerprint density at radius 2 is 2.17 bits per heavy atom. The number of oxazole rings is 1. The maximum absolute atomic E-state index is 13.8. The monoisotopic (exact) mass is 418 g/mol. The van der Waals surface area contributed by atoms with Crippen LogP contribution < -0.4 is 16.2 Å². The standard InChI is InChI=1S/C20H20F2N4O2S/c1-11-2-5-17(29-11)15-9-18(26-25-15)24-19(27)6-7-20-23-10-16(28-20)13-4-3-12(21)8-14(13)22/h2-5,8,10,15,18,25-26H,6-7,9H2,1H3,(H,24,27). The Morgan fingerprint density at radius 1 is 1.31 bits per heavy atom. The Balaban J connectivity index is 1.28. The quantitative estimate of drug-likeness (QED) is 0.570. The van der Waals surface area contributed by atoms with E-state index < -0.39 is 11.6 Å². The maximum atomic E-state index is 13.8. The summed E-state index contributed by atoms with van der Waals surface area (Å²) in [5, 5.41) is 2.93. The van der Waals surface area contributed by atoms with Gasteiger partial charge in [0.1, 0.15) is 11.6 Å². The Hall–Kier alpha value is -2.62. The average molecular weight is 418 g/mol. The highest BCUT2D eigenvalue weighted by Crippen LogP contribution is 2.28. The summed E-state index contributed by atoms with van der Waals surface area (Å²) in [6, 6.07) is 7.58. The normalized spacial score (nSPS) is 18.9. The Kier molecular flexibility index (Phi) is 5.70. The van der Waals surface area contributed by atoms with Crippen molar-refractivity contribution in [2.24, 2.45) is 0 Å². The summed E-state index contributed by atoms with van der Waals surface area (Å²) in [5.74, 6) is -0.994. The number of benzene rings is 1. The summed E-state index contributed by atoms with van der Waals surface area (Å²) >= 11 is 1.73. The Labute approximate surface area is 170 Å². The number of halogens is 2. The number of hydrazine groups is 1. The molecule has 1 saturated heterocycles. The second kappa shape index (κ2) is 8.40. The molecular formula is C20H20F2N4O2S. The lowest BCUT2D eigenvalue weighted by molar-refractivity contribution is -0.122. The van der Waals surface area contributed by atoms with Crippen molar-refractivity contribution in [3.05, 3.63) is 63.8 Å². The van der Waals surface area contributed by atoms with Crippen molar-refractivity contribution in [2.45, 2.75) is 38.4 Å². The Morgan fingerprint density at radius 3 is 2.93 bits per heavy atom. The van der Waals surface area contributed by atoms with Gasteiger partial charge < -0.3 is 9.73 Å². The van der Waals surface area contributed by atoms with Gasteiger partial charge in [0.25, 0.3) is 0 Å². The van der Waals surface area contributed by atoms with Gasteiger partial charge in [0, 0.05) is 35.1 Å². The van der Waals surface area contributed by atoms with Crippen LogP contribution >= 0.6 is 11.3 Å². The zero-order chi connectivity index (χ0) is 20.4. The summed E-state index contributed by atoms with van der Waals surface area (Å²) in [4.78, 5) is 18.8. The maximum Gasteiger partial charge on any atom is 0.221 e. The first-order valence-corrected chi connectivity index (χ1v) is 10.1. The summed E-state index contributed by atoms with van der Waals surface area (Å²) in [5.41, 5.74) is 6.42. The predicted octanol–water partition coefficient (Wildman–Crippen LogP) is 3.60. The third kappa shape index (κ3) is 4.69. The van der Waals surface area contributed by atoms with Crippen LogP contribution in [-0.4, -0.2) is 17.1 Å². The summed E-state index contributed by atoms with van der Waals surface area (Å²) < 4.78 is 32.4. The summed E-state index contributed by atoms with van der Waals surface area (Å²) in [7, 11) is 0. The van der Waals surface area contributed by atoms with Crippen molar-refractivity contribution < 1.29 is 18.0 Å². The smallest absolute Gasteiger partial charge is 0.221 e. The molecule has 0 radical (unpaired) electrons. The van der Waals surface area contributed by atoms with E-state index in [1.165, 1.54) is 22.0 Å². The van der Waals surface area contributed by atoms with Crippen LogP contribution in [0.1, 0.15) is 34.5 Å². The van der Waals surface area contributed by atoms with Crippen molar-refractivity contribution in [1.82, 2.24) is 21.2 Å². The fourth-order valence-electron chi connectivity index (χ4n) is 3.20. The fraction of sp³-hybridized carbons (Fsp3) is 0.300. The second-order valence-electron chi connectivity index (χ2n) is 6.89. The van der Waals surface area contributed by atoms with Crippen LogP contribution in [-0.2, 0) is 11.2 Å². The van der Waals surface area contributed by atoms with Gasteiger partial charge >= 0.3 is 0 Å². The molecule has 2 unspecified atom stereocenters. The number of amides is 1. The third-order valence-corrected chi connectivity index (χ3v) is 5.77. The van der Waals surface area contributed by atoms with E-state index in [1.807, 2.05) is 0 Å². The predicted molar refractivity (Wildman–Crippen MR) is 105 cm³/mol. The molecule has 2 aromatic heterocycles. The first kappa shape index (κ1) is 19.7. The first-order valence-electron chi connectivity index (χ1n) is 9.25. The Bertz CT molecular complexity index is 1020. The molecular weight excluding hydrogens is 398 g/mol. The number of nitrogens with zero attached hydrogens (tertiary/aromatic N) is 1. The highest BCUT2D eigenvalue weighted by Gasteiger charge is 2.27. The lowest BCUT2D eigenvalue weighted by Gasteiger charge is -2.11. The molecule has 3 N–H and O–H groups in total. The number of hydrogen-bond donors (Lipinski definition) is 3. The molecule has 3 aromatic rings. The molecule has 3 heterocycles. The second-order valence-corrected chi connectivity index (χ2v) is 8.21. The van der Waals surface area contributed by atoms with Gasteiger partial charge in [0.2, 0.25) is 5.91 Å². The van der Waals surface area contributed by atoms with Gasteiger partial charge in [-0.2, -0.15) is 0 Å². The van der Waals surface area contributed by atoms with Crippen LogP contribution in [0.25, 0.3) is 11.3 Å². The largest absolute Gasteiger partial charge is 0.441 e. The van der Waals surface area contributed by atoms with Gasteiger partial charge in [-0.15, -0.1) is 11.3 Å². The van der Waals surface area contributed by atoms with Gasteiger partial charge in [-0.05, 0) is 31.2 Å². The van der Waals surface area contributed by atoms with E-state index in [2.05, 4.69) is 40.2 Å². The van der Waals surface area contributed by atoms with Crippen LogP contribution in [0.2, 0.25) is 0 Å². The molecule has 9 heteroatoms. The van der Waals surface area contributed by atoms with E-state index in [0.29, 0.717) is 5.89 Å². The lowest BCUT2D eigenvalue weighted by atomic mass is 10.1. The van der Waals surface area contributed by atoms with E-state index in [1.54, 1.807) is 11.3 Å². The number of rotatable bonds is 6. The highest BCUT2D eigenvalue weighted by molar-refractivity contribution is 7.12. The zero-order valence-corrected chi connectivity index (χ0v) is 16.5. The number of aryl methyl sites for hydroxylation is 2. The third-order valence-electron chi connectivity index (χ3n) is 4.66. The van der Waals surface area contributed by atoms with Crippen LogP contribution in [0.3, 0.4) is 0 Å². The summed E-state index contributed by atoms with van der Waals surface area (Å²) in [6.07, 6.45) is 2.43. The van der Waals surface area contributed by atoms with E-state index in [4.69, 9.17) is 4.42 Å². The van der Waals surface area contributed by atoms with Crippen LogP contribution in [0, 0.1) is 18.6 Å². The number of carbonyl (C=O) groups is 1. The van der Waals surface area contributed by atoms with Crippen LogP contribution in [0.5, 0.6) is 0 Å². The first-order chi connectivity index (χ1) is 14.0. The molecule has 2 atom stereocenters. The van der Waals surface area contributed by atoms with Crippen molar-refractivity contribution >= 4 is 17.2 Å². The minimum absolute atomic E-state index is 0.130. The molecule has 0 spiro atoms. The molecule has 1 aliphatic rings. The van der Waals surface area contributed by atoms with Gasteiger partial charge in [0.15, 0.2) is 11.7 Å². The van der Waals surface area contributed by atoms with Crippen LogP contribution in [0.4, 0.5) is 8.78 Å². The molecule has 0 saturated carbocycles. The minimum atomic E-state index is -0.722. The van der Waals surface area contributed by atoms with Crippen molar-refractivity contribution in [1.29, 1.82) is 0 Å². The SMILES string of the molecule is Cc1ccc(C2CC(NC(=O)CCc3ncc(-c4ccc(F)cc4F)o3)NN2)s1. The zero-order valence-electron chi connectivity index (χ0n) is 15.7. The van der Waals surface area contributed by atoms with Gasteiger partial charge in [0.05, 0.1) is 24.0 Å². The summed E-state index contributed by atoms with van der Waals surface area (Å²) in [6.45, 7) is 2.06. The average Bonchev–Trinajstić information content (AvgIpc) is 3.41. The van der Waals surface area contributed by atoms with Crippen LogP contribution in [0.15, 0.2) is 40.9 Å². The topological polar surface area (TPSA) is 79.2 Å². The van der Waals surface area contributed by atoms with Gasteiger partial charge in [-0.3, -0.25) is 4.79 Å². The number of thiophene rings is 1. The number of carbonyl (C=O) groups excluding carboxylic acids is 1. The minimum Gasteiger partial charge on any atom is -0.441 e. The molecule has 1 fully saturated rings. The number of nitrogens with one attached hydrogen (secondary N) is 3. The van der Waals surface area contributed by atoms with E-state index in [9.17, 15) is 13.6 Å². The number of hydrogen-bond acceptors (Lipinski definition) is 6. The van der Waals surface area contributed by atoms with E-state index >= 15 is 0 Å². The fourth-order valence-corrected chi connectivity index (χ4v) is 4.15. The van der Waals surface area contributed by atoms with Crippen molar-refractivity contribution in [2.75, 3.05) is 0 Å². The molecule has 0 aliphatic carbocycles. The molecule has 152 valence electrons. The number of aromatic nitrogens is 1. The van der Waals surface area contributed by atoms with Gasteiger partial charge in [-0.25, -0.2) is 24.6 Å². The molecule has 6 nitrogen and oxygen atoms in total. The molecule has 0 bridgehead atoms. The van der Waals surface area contributed by atoms with Crippen molar-refractivity contribution in [3.8, 4) is 11.3 Å².